The van der Waals surface area contributed by atoms with Gasteiger partial charge in [0, 0.05) is 11.8 Å². The van der Waals surface area contributed by atoms with Crippen LogP contribution in [0.1, 0.15) is 27.7 Å². The minimum atomic E-state index is -0.396. The molecular formula is C7H15NO. The summed E-state index contributed by atoms with van der Waals surface area (Å²) < 4.78 is 0. The molecule has 0 saturated heterocycles. The van der Waals surface area contributed by atoms with E-state index < -0.39 is 6.10 Å². The van der Waals surface area contributed by atoms with Crippen molar-refractivity contribution < 1.29 is 5.11 Å². The second-order valence-corrected chi connectivity index (χ2v) is 2.54. The molecule has 0 aliphatic carbocycles. The predicted octanol–water partition coefficient (Wildman–Crippen LogP) is 1.24. The van der Waals surface area contributed by atoms with E-state index in [0.29, 0.717) is 6.04 Å². The first-order valence-electron chi connectivity index (χ1n) is 3.26. The highest BCUT2D eigenvalue weighted by Crippen LogP contribution is 1.91. The summed E-state index contributed by atoms with van der Waals surface area (Å²) in [5.41, 5.74) is 0.810. The fourth-order valence-electron chi connectivity index (χ4n) is 0.515. The maximum Gasteiger partial charge on any atom is 0.0885 e. The van der Waals surface area contributed by atoms with Crippen molar-refractivity contribution in [3.8, 4) is 0 Å². The van der Waals surface area contributed by atoms with Crippen molar-refractivity contribution in [1.82, 2.24) is 0 Å². The lowest BCUT2D eigenvalue weighted by Crippen LogP contribution is -2.13. The molecule has 0 aromatic heterocycles. The van der Waals surface area contributed by atoms with Gasteiger partial charge in [-0.3, -0.25) is 4.99 Å². The van der Waals surface area contributed by atoms with Crippen molar-refractivity contribution in [1.29, 1.82) is 0 Å². The highest BCUT2D eigenvalue weighted by molar-refractivity contribution is 5.85. The highest BCUT2D eigenvalue weighted by atomic mass is 16.3. The van der Waals surface area contributed by atoms with Crippen molar-refractivity contribution in [3.63, 3.8) is 0 Å². The van der Waals surface area contributed by atoms with Gasteiger partial charge in [0.2, 0.25) is 0 Å². The lowest BCUT2D eigenvalue weighted by molar-refractivity contribution is 0.260. The van der Waals surface area contributed by atoms with Gasteiger partial charge in [0.15, 0.2) is 0 Å². The second kappa shape index (κ2) is 3.62. The van der Waals surface area contributed by atoms with Crippen LogP contribution in [-0.2, 0) is 0 Å². The largest absolute Gasteiger partial charge is 0.387 e. The van der Waals surface area contributed by atoms with Crippen molar-refractivity contribution in [2.75, 3.05) is 0 Å². The molecule has 1 atom stereocenters. The van der Waals surface area contributed by atoms with Crippen LogP contribution >= 0.6 is 0 Å². The van der Waals surface area contributed by atoms with Crippen LogP contribution in [-0.4, -0.2) is 23.0 Å². The molecule has 0 rings (SSSR count). The van der Waals surface area contributed by atoms with E-state index in [1.807, 2.05) is 20.8 Å². The van der Waals surface area contributed by atoms with Gasteiger partial charge in [0.05, 0.1) is 6.10 Å². The zero-order valence-electron chi connectivity index (χ0n) is 6.55. The molecule has 54 valence electrons. The van der Waals surface area contributed by atoms with Crippen LogP contribution in [0.15, 0.2) is 4.99 Å². The molecule has 0 radical (unpaired) electrons. The Morgan fingerprint density at radius 3 is 1.89 bits per heavy atom. The Labute approximate surface area is 56.6 Å². The van der Waals surface area contributed by atoms with Gasteiger partial charge in [-0.25, -0.2) is 0 Å². The fraction of sp³-hybridized carbons (Fsp3) is 0.857. The van der Waals surface area contributed by atoms with Crippen LogP contribution < -0.4 is 0 Å². The Morgan fingerprint density at radius 2 is 1.78 bits per heavy atom. The molecule has 0 amide bonds. The Balaban J connectivity index is 3.84. The van der Waals surface area contributed by atoms with E-state index in [9.17, 15) is 0 Å². The number of rotatable bonds is 2. The Bertz CT molecular complexity index is 105. The van der Waals surface area contributed by atoms with Gasteiger partial charge >= 0.3 is 0 Å². The van der Waals surface area contributed by atoms with Gasteiger partial charge in [-0.1, -0.05) is 0 Å². The third-order valence-electron chi connectivity index (χ3n) is 1.07. The van der Waals surface area contributed by atoms with Gasteiger partial charge in [-0.05, 0) is 27.7 Å². The van der Waals surface area contributed by atoms with Crippen LogP contribution in [0.3, 0.4) is 0 Å². The molecule has 0 aliphatic heterocycles. The molecule has 1 N–H and O–H groups in total. The quantitative estimate of drug-likeness (QED) is 0.559. The Kier molecular flexibility index (Phi) is 3.47. The van der Waals surface area contributed by atoms with Gasteiger partial charge in [0.25, 0.3) is 0 Å². The van der Waals surface area contributed by atoms with Crippen LogP contribution in [0, 0.1) is 0 Å². The van der Waals surface area contributed by atoms with E-state index in [1.165, 1.54) is 0 Å². The van der Waals surface area contributed by atoms with Crippen molar-refractivity contribution in [3.05, 3.63) is 0 Å². The van der Waals surface area contributed by atoms with E-state index in [1.54, 1.807) is 6.92 Å². The Morgan fingerprint density at radius 1 is 1.33 bits per heavy atom. The molecule has 0 aromatic rings. The number of aliphatic hydroxyl groups is 1. The van der Waals surface area contributed by atoms with Crippen molar-refractivity contribution in [2.24, 2.45) is 4.99 Å². The minimum absolute atomic E-state index is 0.291. The van der Waals surface area contributed by atoms with Crippen molar-refractivity contribution in [2.45, 2.75) is 39.8 Å². The average molecular weight is 129 g/mol. The van der Waals surface area contributed by atoms with Gasteiger partial charge < -0.3 is 5.11 Å². The summed E-state index contributed by atoms with van der Waals surface area (Å²) >= 11 is 0. The summed E-state index contributed by atoms with van der Waals surface area (Å²) in [7, 11) is 0. The van der Waals surface area contributed by atoms with E-state index >= 15 is 0 Å². The summed E-state index contributed by atoms with van der Waals surface area (Å²) in [6, 6.07) is 0.291. The summed E-state index contributed by atoms with van der Waals surface area (Å²) in [5, 5.41) is 8.94. The Hall–Kier alpha value is -0.370. The molecule has 0 aromatic carbocycles. The van der Waals surface area contributed by atoms with Crippen LogP contribution in [0.2, 0.25) is 0 Å². The lowest BCUT2D eigenvalue weighted by atomic mass is 10.2. The zero-order valence-corrected chi connectivity index (χ0v) is 6.55. The van der Waals surface area contributed by atoms with Gasteiger partial charge in [0.1, 0.15) is 0 Å². The normalized spacial score (nSPS) is 16.4. The van der Waals surface area contributed by atoms with E-state index in [-0.39, 0.29) is 0 Å². The van der Waals surface area contributed by atoms with Crippen LogP contribution in [0.5, 0.6) is 0 Å². The summed E-state index contributed by atoms with van der Waals surface area (Å²) in [4.78, 5) is 4.14. The SMILES string of the molecule is CC(=NC(C)C)C(C)O. The molecule has 0 heterocycles. The first kappa shape index (κ1) is 8.63. The van der Waals surface area contributed by atoms with Crippen molar-refractivity contribution >= 4 is 5.71 Å². The number of nitrogens with zero attached hydrogens (tertiary/aromatic N) is 1. The smallest absolute Gasteiger partial charge is 0.0885 e. The number of aliphatic hydroxyl groups excluding tert-OH is 1. The van der Waals surface area contributed by atoms with E-state index in [2.05, 4.69) is 4.99 Å². The first-order valence-corrected chi connectivity index (χ1v) is 3.26. The van der Waals surface area contributed by atoms with Crippen LogP contribution in [0.25, 0.3) is 0 Å². The number of aliphatic imine (C=N–C) groups is 1. The molecule has 2 nitrogen and oxygen atoms in total. The molecule has 9 heavy (non-hydrogen) atoms. The minimum Gasteiger partial charge on any atom is -0.387 e. The average Bonchev–Trinajstić information content (AvgIpc) is 1.63. The monoisotopic (exact) mass is 129 g/mol. The third-order valence-corrected chi connectivity index (χ3v) is 1.07. The molecule has 0 bridgehead atoms. The second-order valence-electron chi connectivity index (χ2n) is 2.54. The standard InChI is InChI=1S/C7H15NO/c1-5(2)8-6(3)7(4)9/h5,7,9H,1-4H3. The topological polar surface area (TPSA) is 32.6 Å². The first-order chi connectivity index (χ1) is 4.04. The summed E-state index contributed by atoms with van der Waals surface area (Å²) in [6.07, 6.45) is -0.396. The molecule has 0 spiro atoms. The highest BCUT2D eigenvalue weighted by Gasteiger charge is 1.98. The maximum absolute atomic E-state index is 8.94. The van der Waals surface area contributed by atoms with E-state index in [4.69, 9.17) is 5.11 Å². The summed E-state index contributed by atoms with van der Waals surface area (Å²) in [6.45, 7) is 7.55. The molecule has 2 heteroatoms. The zero-order chi connectivity index (χ0) is 7.44. The summed E-state index contributed by atoms with van der Waals surface area (Å²) in [5.74, 6) is 0. The van der Waals surface area contributed by atoms with Gasteiger partial charge in [-0.2, -0.15) is 0 Å². The van der Waals surface area contributed by atoms with E-state index in [0.717, 1.165) is 5.71 Å². The fourth-order valence-corrected chi connectivity index (χ4v) is 0.515. The van der Waals surface area contributed by atoms with Crippen LogP contribution in [0.4, 0.5) is 0 Å². The maximum atomic E-state index is 8.94. The molecule has 0 fully saturated rings. The molecule has 0 aliphatic rings. The lowest BCUT2D eigenvalue weighted by Gasteiger charge is -2.04. The molecule has 1 unspecified atom stereocenters. The number of hydrogen-bond acceptors (Lipinski definition) is 2. The van der Waals surface area contributed by atoms with Gasteiger partial charge in [-0.15, -0.1) is 0 Å². The third kappa shape index (κ3) is 4.15. The predicted molar refractivity (Wildman–Crippen MR) is 39.9 cm³/mol. The number of hydrogen-bond donors (Lipinski definition) is 1. The molecular weight excluding hydrogens is 114 g/mol. The molecule has 0 saturated carbocycles.